The lowest BCUT2D eigenvalue weighted by molar-refractivity contribution is 0.271. The number of aliphatic hydroxyl groups excluding tert-OH is 1. The lowest BCUT2D eigenvalue weighted by atomic mass is 10.5. The molecule has 0 saturated heterocycles. The van der Waals surface area contributed by atoms with Crippen LogP contribution in [-0.2, 0) is 6.61 Å². The second-order valence-electron chi connectivity index (χ2n) is 2.62. The van der Waals surface area contributed by atoms with Gasteiger partial charge in [-0.05, 0) is 18.5 Å². The molecule has 1 N–H and O–H groups in total. The van der Waals surface area contributed by atoms with Crippen molar-refractivity contribution in [2.45, 2.75) is 13.5 Å². The molecule has 0 saturated carbocycles. The van der Waals surface area contributed by atoms with Crippen LogP contribution in [0.3, 0.4) is 0 Å². The van der Waals surface area contributed by atoms with Crippen LogP contribution < -0.4 is 0 Å². The molecule has 0 bridgehead atoms. The van der Waals surface area contributed by atoms with Gasteiger partial charge in [-0.25, -0.2) is 9.97 Å². The lowest BCUT2D eigenvalue weighted by Crippen LogP contribution is -2.01. The minimum Gasteiger partial charge on any atom is -0.388 e. The number of nitrogens with zero attached hydrogens (tertiary/aromatic N) is 4. The van der Waals surface area contributed by atoms with E-state index in [2.05, 4.69) is 15.1 Å². The van der Waals surface area contributed by atoms with E-state index < -0.39 is 0 Å². The molecule has 2 heterocycles. The van der Waals surface area contributed by atoms with E-state index in [1.54, 1.807) is 6.07 Å². The molecule has 0 aliphatic heterocycles. The zero-order valence-corrected chi connectivity index (χ0v) is 7.65. The molecule has 2 aromatic rings. The van der Waals surface area contributed by atoms with Gasteiger partial charge in [0.25, 0.3) is 0 Å². The number of rotatable bonds is 1. The van der Waals surface area contributed by atoms with Gasteiger partial charge in [0.15, 0.2) is 11.5 Å². The standard InChI is InChI=1S/C7H7ClN4O/c1-4-2-6-9-5(3-13)10-7(8)12(6)11-4/h2,13H,3H2,1H3. The second-order valence-corrected chi connectivity index (χ2v) is 2.96. The lowest BCUT2D eigenvalue weighted by Gasteiger charge is -1.97. The first-order chi connectivity index (χ1) is 6.20. The number of aryl methyl sites for hydroxylation is 1. The quantitative estimate of drug-likeness (QED) is 0.728. The summed E-state index contributed by atoms with van der Waals surface area (Å²) >= 11 is 5.79. The van der Waals surface area contributed by atoms with E-state index in [9.17, 15) is 0 Å². The van der Waals surface area contributed by atoms with Crippen molar-refractivity contribution in [3.05, 3.63) is 22.9 Å². The molecule has 2 aromatic heterocycles. The summed E-state index contributed by atoms with van der Waals surface area (Å²) < 4.78 is 1.43. The molecule has 68 valence electrons. The highest BCUT2D eigenvalue weighted by atomic mass is 35.5. The summed E-state index contributed by atoms with van der Waals surface area (Å²) in [6, 6.07) is 1.77. The van der Waals surface area contributed by atoms with E-state index in [0.717, 1.165) is 5.69 Å². The Balaban J connectivity index is 2.75. The molecule has 5 nitrogen and oxygen atoms in total. The van der Waals surface area contributed by atoms with E-state index >= 15 is 0 Å². The van der Waals surface area contributed by atoms with Gasteiger partial charge in [0.05, 0.1) is 5.69 Å². The summed E-state index contributed by atoms with van der Waals surface area (Å²) in [4.78, 5) is 7.87. The maximum Gasteiger partial charge on any atom is 0.227 e. The molecule has 0 spiro atoms. The molecule has 0 aliphatic carbocycles. The molecular formula is C7H7ClN4O. The molecule has 2 rings (SSSR count). The number of fused-ring (bicyclic) bond motifs is 1. The highest BCUT2D eigenvalue weighted by molar-refractivity contribution is 6.28. The fourth-order valence-corrected chi connectivity index (χ4v) is 1.30. The molecule has 6 heteroatoms. The van der Waals surface area contributed by atoms with Gasteiger partial charge in [-0.3, -0.25) is 0 Å². The zero-order valence-electron chi connectivity index (χ0n) is 6.90. The van der Waals surface area contributed by atoms with Crippen LogP contribution in [0.1, 0.15) is 11.5 Å². The van der Waals surface area contributed by atoms with Gasteiger partial charge in [-0.1, -0.05) is 0 Å². The zero-order chi connectivity index (χ0) is 9.42. The van der Waals surface area contributed by atoms with E-state index in [1.807, 2.05) is 6.92 Å². The molecule has 0 unspecified atom stereocenters. The Morgan fingerprint density at radius 1 is 1.54 bits per heavy atom. The Bertz CT molecular complexity index is 453. The normalized spacial score (nSPS) is 11.0. The van der Waals surface area contributed by atoms with Crippen LogP contribution in [-0.4, -0.2) is 24.7 Å². The van der Waals surface area contributed by atoms with Crippen LogP contribution in [0.2, 0.25) is 5.28 Å². The van der Waals surface area contributed by atoms with Crippen LogP contribution in [0, 0.1) is 6.92 Å². The van der Waals surface area contributed by atoms with Crippen molar-refractivity contribution in [2.75, 3.05) is 0 Å². The van der Waals surface area contributed by atoms with Crippen molar-refractivity contribution in [3.63, 3.8) is 0 Å². The van der Waals surface area contributed by atoms with Gasteiger partial charge in [-0.2, -0.15) is 9.61 Å². The van der Waals surface area contributed by atoms with E-state index in [-0.39, 0.29) is 11.9 Å². The Labute approximate surface area is 79.0 Å². The minimum atomic E-state index is -0.222. The maximum atomic E-state index is 8.81. The second kappa shape index (κ2) is 2.93. The molecule has 0 atom stereocenters. The molecule has 0 aromatic carbocycles. The van der Waals surface area contributed by atoms with Crippen molar-refractivity contribution < 1.29 is 5.11 Å². The summed E-state index contributed by atoms with van der Waals surface area (Å²) in [5.74, 6) is 0.303. The van der Waals surface area contributed by atoms with Crippen LogP contribution in [0.4, 0.5) is 0 Å². The molecule has 0 radical (unpaired) electrons. The number of aromatic nitrogens is 4. The summed E-state index contributed by atoms with van der Waals surface area (Å²) in [6.07, 6.45) is 0. The van der Waals surface area contributed by atoms with Crippen LogP contribution in [0.5, 0.6) is 0 Å². The highest BCUT2D eigenvalue weighted by Gasteiger charge is 2.06. The van der Waals surface area contributed by atoms with Gasteiger partial charge in [0, 0.05) is 6.07 Å². The number of halogens is 1. The van der Waals surface area contributed by atoms with Gasteiger partial charge >= 0.3 is 0 Å². The van der Waals surface area contributed by atoms with E-state index in [4.69, 9.17) is 16.7 Å². The van der Waals surface area contributed by atoms with Crippen molar-refractivity contribution in [1.82, 2.24) is 19.6 Å². The fourth-order valence-electron chi connectivity index (χ4n) is 1.08. The first-order valence-corrected chi connectivity index (χ1v) is 4.08. The van der Waals surface area contributed by atoms with Gasteiger partial charge < -0.3 is 5.11 Å². The summed E-state index contributed by atoms with van der Waals surface area (Å²) in [5.41, 5.74) is 1.41. The maximum absolute atomic E-state index is 8.81. The first kappa shape index (κ1) is 8.40. The summed E-state index contributed by atoms with van der Waals surface area (Å²) in [7, 11) is 0. The minimum absolute atomic E-state index is 0.210. The monoisotopic (exact) mass is 198 g/mol. The molecule has 0 fully saturated rings. The number of aliphatic hydroxyl groups is 1. The van der Waals surface area contributed by atoms with Crippen molar-refractivity contribution in [2.24, 2.45) is 0 Å². The predicted octanol–water partition coefficient (Wildman–Crippen LogP) is 0.578. The summed E-state index contributed by atoms with van der Waals surface area (Å²) in [6.45, 7) is 1.62. The third-order valence-corrected chi connectivity index (χ3v) is 1.84. The smallest absolute Gasteiger partial charge is 0.227 e. The first-order valence-electron chi connectivity index (χ1n) is 3.70. The SMILES string of the molecule is Cc1cc2nc(CO)nc(Cl)n2n1. The van der Waals surface area contributed by atoms with Gasteiger partial charge in [0.2, 0.25) is 5.28 Å². The Hall–Kier alpha value is -1.20. The van der Waals surface area contributed by atoms with E-state index in [0.29, 0.717) is 11.5 Å². The van der Waals surface area contributed by atoms with E-state index in [1.165, 1.54) is 4.52 Å². The van der Waals surface area contributed by atoms with Crippen LogP contribution in [0.15, 0.2) is 6.07 Å². The Morgan fingerprint density at radius 2 is 2.31 bits per heavy atom. The molecule has 0 aliphatic rings. The average Bonchev–Trinajstić information content (AvgIpc) is 2.46. The highest BCUT2D eigenvalue weighted by Crippen LogP contribution is 2.09. The van der Waals surface area contributed by atoms with Crippen molar-refractivity contribution in [3.8, 4) is 0 Å². The number of hydrogen-bond acceptors (Lipinski definition) is 4. The molecular weight excluding hydrogens is 192 g/mol. The third kappa shape index (κ3) is 1.36. The average molecular weight is 199 g/mol. The van der Waals surface area contributed by atoms with Gasteiger partial charge in [-0.15, -0.1) is 0 Å². The Morgan fingerprint density at radius 3 is 3.00 bits per heavy atom. The Kier molecular flexibility index (Phi) is 1.90. The number of hydrogen-bond donors (Lipinski definition) is 1. The predicted molar refractivity (Wildman–Crippen MR) is 46.5 cm³/mol. The topological polar surface area (TPSA) is 63.3 Å². The molecule has 13 heavy (non-hydrogen) atoms. The van der Waals surface area contributed by atoms with Crippen LogP contribution in [0.25, 0.3) is 5.65 Å². The van der Waals surface area contributed by atoms with Crippen molar-refractivity contribution in [1.29, 1.82) is 0 Å². The third-order valence-electron chi connectivity index (χ3n) is 1.59. The van der Waals surface area contributed by atoms with Gasteiger partial charge in [0.1, 0.15) is 6.61 Å². The molecule has 0 amide bonds. The summed E-state index contributed by atoms with van der Waals surface area (Å²) in [5, 5.41) is 13.1. The fraction of sp³-hybridized carbons (Fsp3) is 0.286. The van der Waals surface area contributed by atoms with Crippen LogP contribution >= 0.6 is 11.6 Å². The largest absolute Gasteiger partial charge is 0.388 e. The van der Waals surface area contributed by atoms with Crippen molar-refractivity contribution >= 4 is 17.2 Å².